The van der Waals surface area contributed by atoms with Gasteiger partial charge in [0.05, 0.1) is 25.2 Å². The Balaban J connectivity index is 4.78. The molecule has 0 aromatic heterocycles. The van der Waals surface area contributed by atoms with Gasteiger partial charge >= 0.3 is 5.97 Å². The molecular weight excluding hydrogens is 683 g/mol. The van der Waals surface area contributed by atoms with Crippen molar-refractivity contribution >= 4 is 11.9 Å². The van der Waals surface area contributed by atoms with Crippen LogP contribution in [-0.4, -0.2) is 46.9 Å². The Morgan fingerprint density at radius 1 is 0.545 bits per heavy atom. The van der Waals surface area contributed by atoms with Gasteiger partial charge in [0.25, 0.3) is 0 Å². The van der Waals surface area contributed by atoms with Gasteiger partial charge in [-0.25, -0.2) is 0 Å². The topological polar surface area (TPSA) is 95.9 Å². The number of hydrogen-bond donors (Lipinski definition) is 3. The molecule has 0 aliphatic rings. The van der Waals surface area contributed by atoms with Crippen molar-refractivity contribution in [1.29, 1.82) is 0 Å². The lowest BCUT2D eigenvalue weighted by molar-refractivity contribution is -0.148. The first-order chi connectivity index (χ1) is 27.0. The van der Waals surface area contributed by atoms with Crippen LogP contribution in [0, 0.1) is 0 Å². The molecule has 0 aromatic rings. The Hall–Kier alpha value is -2.44. The Kier molecular flexibility index (Phi) is 40.8. The standard InChI is InChI=1S/C49H87NO5/c1-4-7-10-13-16-19-22-24-25-26-28-31-34-37-40-45(55-49(54)42-39-36-33-30-27-23-20-17-14-11-8-5-2)43-48(53)50-46(44-51)47(52)41-38-35-32-29-21-18-15-12-9-6-3/h7,10,16,19,24-25,28,31,37,40,45-47,51-52H,4-6,8-9,11-15,17-18,20-23,26-27,29-30,32-36,38-39,41-44H2,1-3H3,(H,50,53)/b10-7+,19-16+,25-24+,31-28+,40-37+. The lowest BCUT2D eigenvalue weighted by atomic mass is 10.0. The quantitative estimate of drug-likeness (QED) is 0.0328. The minimum Gasteiger partial charge on any atom is -0.458 e. The molecule has 0 aliphatic heterocycles. The van der Waals surface area contributed by atoms with E-state index in [1.54, 1.807) is 6.08 Å². The third-order valence-corrected chi connectivity index (χ3v) is 10.1. The number of amides is 1. The summed E-state index contributed by atoms with van der Waals surface area (Å²) in [6.07, 6.45) is 51.7. The normalized spacial score (nSPS) is 13.9. The van der Waals surface area contributed by atoms with Gasteiger partial charge in [-0.2, -0.15) is 0 Å². The first kappa shape index (κ1) is 52.6. The van der Waals surface area contributed by atoms with E-state index in [0.29, 0.717) is 19.3 Å². The molecule has 6 nitrogen and oxygen atoms in total. The van der Waals surface area contributed by atoms with Gasteiger partial charge in [-0.05, 0) is 51.0 Å². The van der Waals surface area contributed by atoms with Gasteiger partial charge in [0.2, 0.25) is 5.91 Å². The highest BCUT2D eigenvalue weighted by molar-refractivity contribution is 5.78. The molecule has 0 aromatic carbocycles. The van der Waals surface area contributed by atoms with Crippen LogP contribution in [0.3, 0.4) is 0 Å². The predicted molar refractivity (Wildman–Crippen MR) is 236 cm³/mol. The maximum absolute atomic E-state index is 13.1. The molecule has 0 aliphatic carbocycles. The molecule has 6 heteroatoms. The second kappa shape index (κ2) is 42.7. The Morgan fingerprint density at radius 3 is 1.38 bits per heavy atom. The van der Waals surface area contributed by atoms with Crippen LogP contribution in [0.2, 0.25) is 0 Å². The van der Waals surface area contributed by atoms with Gasteiger partial charge in [0, 0.05) is 6.42 Å². The van der Waals surface area contributed by atoms with E-state index < -0.39 is 18.2 Å². The summed E-state index contributed by atoms with van der Waals surface area (Å²) in [6.45, 7) is 6.30. The van der Waals surface area contributed by atoms with Crippen molar-refractivity contribution in [2.45, 2.75) is 232 Å². The predicted octanol–water partition coefficient (Wildman–Crippen LogP) is 13.3. The number of allylic oxidation sites excluding steroid dienone is 9. The van der Waals surface area contributed by atoms with Crippen LogP contribution in [0.25, 0.3) is 0 Å². The summed E-state index contributed by atoms with van der Waals surface area (Å²) in [5, 5.41) is 23.5. The molecule has 0 saturated heterocycles. The van der Waals surface area contributed by atoms with E-state index in [2.05, 4.69) is 74.7 Å². The summed E-state index contributed by atoms with van der Waals surface area (Å²) in [7, 11) is 0. The van der Waals surface area contributed by atoms with Gasteiger partial charge in [-0.3, -0.25) is 9.59 Å². The van der Waals surface area contributed by atoms with Crippen molar-refractivity contribution < 1.29 is 24.5 Å². The second-order valence-corrected chi connectivity index (χ2v) is 15.4. The number of aliphatic hydroxyl groups is 2. The first-order valence-electron chi connectivity index (χ1n) is 23.0. The molecule has 1 amide bonds. The van der Waals surface area contributed by atoms with Crippen LogP contribution < -0.4 is 5.32 Å². The van der Waals surface area contributed by atoms with Crippen LogP contribution in [0.15, 0.2) is 60.8 Å². The number of nitrogens with one attached hydrogen (secondary N) is 1. The highest BCUT2D eigenvalue weighted by Crippen LogP contribution is 2.15. The van der Waals surface area contributed by atoms with E-state index in [1.807, 2.05) is 6.08 Å². The van der Waals surface area contributed by atoms with Gasteiger partial charge in [0.15, 0.2) is 0 Å². The lowest BCUT2D eigenvalue weighted by Crippen LogP contribution is -2.46. The third-order valence-electron chi connectivity index (χ3n) is 10.1. The maximum atomic E-state index is 13.1. The molecule has 0 fully saturated rings. The summed E-state index contributed by atoms with van der Waals surface area (Å²) in [5.74, 6) is -0.629. The van der Waals surface area contributed by atoms with E-state index in [9.17, 15) is 19.8 Å². The summed E-state index contributed by atoms with van der Waals surface area (Å²) in [6, 6.07) is -0.739. The number of carbonyl (C=O) groups excluding carboxylic acids is 2. The minimum absolute atomic E-state index is 0.0453. The van der Waals surface area contributed by atoms with E-state index in [-0.39, 0.29) is 24.9 Å². The zero-order chi connectivity index (χ0) is 40.3. The van der Waals surface area contributed by atoms with Crippen molar-refractivity contribution in [2.24, 2.45) is 0 Å². The lowest BCUT2D eigenvalue weighted by Gasteiger charge is -2.23. The molecule has 0 spiro atoms. The fourth-order valence-corrected chi connectivity index (χ4v) is 6.63. The zero-order valence-corrected chi connectivity index (χ0v) is 36.0. The number of hydrogen-bond acceptors (Lipinski definition) is 5. The Morgan fingerprint density at radius 2 is 0.945 bits per heavy atom. The number of rotatable bonds is 40. The maximum Gasteiger partial charge on any atom is 0.306 e. The van der Waals surface area contributed by atoms with Crippen LogP contribution in [-0.2, 0) is 14.3 Å². The van der Waals surface area contributed by atoms with Gasteiger partial charge < -0.3 is 20.3 Å². The fourth-order valence-electron chi connectivity index (χ4n) is 6.63. The molecule has 0 rings (SSSR count). The monoisotopic (exact) mass is 770 g/mol. The number of carbonyl (C=O) groups is 2. The van der Waals surface area contributed by atoms with Gasteiger partial charge in [0.1, 0.15) is 6.10 Å². The minimum atomic E-state index is -0.816. The second-order valence-electron chi connectivity index (χ2n) is 15.4. The highest BCUT2D eigenvalue weighted by atomic mass is 16.5. The average molecular weight is 770 g/mol. The van der Waals surface area contributed by atoms with Crippen molar-refractivity contribution in [3.05, 3.63) is 60.8 Å². The number of ether oxygens (including phenoxy) is 1. The van der Waals surface area contributed by atoms with E-state index in [1.165, 1.54) is 103 Å². The zero-order valence-electron chi connectivity index (χ0n) is 36.0. The highest BCUT2D eigenvalue weighted by Gasteiger charge is 2.23. The van der Waals surface area contributed by atoms with Crippen LogP contribution in [0.4, 0.5) is 0 Å². The van der Waals surface area contributed by atoms with E-state index in [4.69, 9.17) is 4.74 Å². The van der Waals surface area contributed by atoms with Crippen molar-refractivity contribution in [1.82, 2.24) is 5.32 Å². The summed E-state index contributed by atoms with van der Waals surface area (Å²) >= 11 is 0. The molecule has 3 N–H and O–H groups in total. The molecule has 0 bridgehead atoms. The van der Waals surface area contributed by atoms with Gasteiger partial charge in [-0.1, -0.05) is 210 Å². The third kappa shape index (κ3) is 38.2. The molecule has 3 atom stereocenters. The van der Waals surface area contributed by atoms with E-state index in [0.717, 1.165) is 64.2 Å². The molecule has 0 heterocycles. The summed E-state index contributed by atoms with van der Waals surface area (Å²) in [4.78, 5) is 25.9. The summed E-state index contributed by atoms with van der Waals surface area (Å²) < 4.78 is 5.79. The molecule has 0 radical (unpaired) electrons. The van der Waals surface area contributed by atoms with E-state index >= 15 is 0 Å². The van der Waals surface area contributed by atoms with Crippen molar-refractivity contribution in [3.63, 3.8) is 0 Å². The fraction of sp³-hybridized carbons (Fsp3) is 0.755. The van der Waals surface area contributed by atoms with Crippen LogP contribution >= 0.6 is 0 Å². The van der Waals surface area contributed by atoms with Crippen LogP contribution in [0.1, 0.15) is 213 Å². The molecule has 318 valence electrons. The largest absolute Gasteiger partial charge is 0.458 e. The first-order valence-corrected chi connectivity index (χ1v) is 23.0. The molecule has 3 unspecified atom stereocenters. The Bertz CT molecular complexity index is 999. The van der Waals surface area contributed by atoms with Gasteiger partial charge in [-0.15, -0.1) is 0 Å². The average Bonchev–Trinajstić information content (AvgIpc) is 3.18. The molecule has 55 heavy (non-hydrogen) atoms. The SMILES string of the molecule is CC/C=C/C/C=C/C/C=C/C/C=C/C/C=C/C(CC(=O)NC(CO)C(O)CCCCCCCCCCCC)OC(=O)CCCCCCCCCCCCCC. The Labute approximate surface area is 339 Å². The summed E-state index contributed by atoms with van der Waals surface area (Å²) in [5.41, 5.74) is 0. The smallest absolute Gasteiger partial charge is 0.306 e. The number of aliphatic hydroxyl groups excluding tert-OH is 2. The molecular formula is C49H87NO5. The van der Waals surface area contributed by atoms with Crippen LogP contribution in [0.5, 0.6) is 0 Å². The number of unbranched alkanes of at least 4 members (excludes halogenated alkanes) is 20. The van der Waals surface area contributed by atoms with Crippen molar-refractivity contribution in [2.75, 3.05) is 6.61 Å². The number of esters is 1. The van der Waals surface area contributed by atoms with Crippen molar-refractivity contribution in [3.8, 4) is 0 Å². The molecule has 0 saturated carbocycles.